The van der Waals surface area contributed by atoms with Gasteiger partial charge in [0, 0.05) is 17.8 Å². The Kier molecular flexibility index (Phi) is 9.31. The molecule has 2 aromatic rings. The van der Waals surface area contributed by atoms with Gasteiger partial charge in [-0.25, -0.2) is 0 Å². The van der Waals surface area contributed by atoms with Gasteiger partial charge in [-0.15, -0.1) is 0 Å². The molecule has 8 atom stereocenters. The average molecular weight is 598 g/mol. The molecule has 0 radical (unpaired) electrons. The lowest BCUT2D eigenvalue weighted by atomic mass is 9.72. The first-order chi connectivity index (χ1) is 21.4. The Bertz CT molecular complexity index is 1410. The van der Waals surface area contributed by atoms with Crippen LogP contribution >= 0.6 is 0 Å². The lowest BCUT2D eigenvalue weighted by Gasteiger charge is -2.32. The highest BCUT2D eigenvalue weighted by Gasteiger charge is 2.49. The smallest absolute Gasteiger partial charge is 0.306 e. The summed E-state index contributed by atoms with van der Waals surface area (Å²) in [6, 6.07) is 17.5. The molecule has 0 bridgehead atoms. The highest BCUT2D eigenvalue weighted by molar-refractivity contribution is 5.89. The van der Waals surface area contributed by atoms with Crippen LogP contribution in [0.1, 0.15) is 64.4 Å². The van der Waals surface area contributed by atoms with Gasteiger partial charge in [0.15, 0.2) is 0 Å². The van der Waals surface area contributed by atoms with Crippen molar-refractivity contribution in [1.29, 1.82) is 0 Å². The number of para-hydroxylation sites is 1. The van der Waals surface area contributed by atoms with Crippen LogP contribution in [0.5, 0.6) is 11.5 Å². The van der Waals surface area contributed by atoms with Gasteiger partial charge in [0.05, 0.1) is 18.2 Å². The highest BCUT2D eigenvalue weighted by Crippen LogP contribution is 2.52. The summed E-state index contributed by atoms with van der Waals surface area (Å²) in [4.78, 5) is 32.6. The zero-order valence-corrected chi connectivity index (χ0v) is 25.6. The fourth-order valence-electron chi connectivity index (χ4n) is 7.44. The quantitative estimate of drug-likeness (QED) is 0.215. The van der Waals surface area contributed by atoms with Gasteiger partial charge in [0.2, 0.25) is 0 Å². The van der Waals surface area contributed by atoms with Gasteiger partial charge in [0.25, 0.3) is 0 Å². The van der Waals surface area contributed by atoms with E-state index in [4.69, 9.17) is 14.3 Å². The minimum absolute atomic E-state index is 0.0157. The molecule has 4 aliphatic rings. The van der Waals surface area contributed by atoms with Crippen molar-refractivity contribution in [1.82, 2.24) is 0 Å². The van der Waals surface area contributed by atoms with E-state index in [1.807, 2.05) is 68.4 Å². The number of benzene rings is 2. The molecule has 0 aromatic heterocycles. The predicted octanol–water partition coefficient (Wildman–Crippen LogP) is 7.20. The number of Topliss-reactive ketones (excluding diaryl/α,β-unsaturated/α-hetero) is 1. The van der Waals surface area contributed by atoms with Crippen molar-refractivity contribution >= 4 is 17.5 Å². The fraction of sp³-hybridized carbons (Fsp3) is 0.486. The largest absolute Gasteiger partial charge is 0.462 e. The standard InChI is InChI=1S/C37H43NO6/c1-3-27-10-7-11-35(39)23(2)37(41)34-20-32-30(33(34)21-36(40)44-27)17-14-25-18-26(19-31(25)32)38-42-22-24-12-15-29(16-13-24)43-28-8-5-4-6-9-28/h4-6,8-9,12-17,20,23,25,27,30-31,33-35,39H,3,7,10-11,18-19,21-22H2,1-2H3/t23-,25-,27+,30-,31-,33+,34?,35+/m1/s1. The van der Waals surface area contributed by atoms with Crippen molar-refractivity contribution in [2.75, 3.05) is 0 Å². The molecule has 7 nitrogen and oxygen atoms in total. The molecule has 232 valence electrons. The number of fused-ring (bicyclic) bond motifs is 5. The van der Waals surface area contributed by atoms with E-state index in [1.54, 1.807) is 0 Å². The molecule has 2 fully saturated rings. The summed E-state index contributed by atoms with van der Waals surface area (Å²) in [5.74, 6) is 0.865. The molecule has 2 aromatic carbocycles. The van der Waals surface area contributed by atoms with Crippen molar-refractivity contribution < 1.29 is 29.0 Å². The lowest BCUT2D eigenvalue weighted by molar-refractivity contribution is -0.152. The number of carbonyl (C=O) groups is 2. The van der Waals surface area contributed by atoms with Crippen LogP contribution in [0.2, 0.25) is 0 Å². The van der Waals surface area contributed by atoms with E-state index >= 15 is 0 Å². The fourth-order valence-corrected chi connectivity index (χ4v) is 7.44. The molecule has 6 rings (SSSR count). The topological polar surface area (TPSA) is 94.4 Å². The number of ether oxygens (including phenoxy) is 2. The maximum absolute atomic E-state index is 13.7. The molecule has 1 saturated heterocycles. The van der Waals surface area contributed by atoms with Crippen LogP contribution in [0, 0.1) is 35.5 Å². The number of esters is 1. The number of rotatable bonds is 6. The van der Waals surface area contributed by atoms with Gasteiger partial charge < -0.3 is 19.4 Å². The number of ketones is 1. The number of oxime groups is 1. The number of aliphatic hydroxyl groups excluding tert-OH is 1. The van der Waals surface area contributed by atoms with Crippen LogP contribution in [-0.4, -0.2) is 34.8 Å². The van der Waals surface area contributed by atoms with Crippen LogP contribution in [0.15, 0.2) is 83.6 Å². The van der Waals surface area contributed by atoms with Crippen molar-refractivity contribution in [2.45, 2.75) is 77.6 Å². The first-order valence-electron chi connectivity index (χ1n) is 16.2. The zero-order chi connectivity index (χ0) is 30.6. The molecule has 44 heavy (non-hydrogen) atoms. The van der Waals surface area contributed by atoms with Gasteiger partial charge in [0.1, 0.15) is 30.0 Å². The molecule has 1 N–H and O–H groups in total. The molecular formula is C37H43NO6. The minimum atomic E-state index is -0.685. The van der Waals surface area contributed by atoms with E-state index in [9.17, 15) is 14.7 Å². The zero-order valence-electron chi connectivity index (χ0n) is 25.6. The molecule has 0 amide bonds. The SMILES string of the molecule is CC[C@H]1CCC[C@H](O)[C@@H](C)C(=O)C2C=C3[C@@H](C=C[C@@H]4CC(=NOCc5ccc(Oc6ccccc6)cc5)C[C@@H]34)[C@@H]2CC(=O)O1. The van der Waals surface area contributed by atoms with Crippen LogP contribution in [-0.2, 0) is 25.8 Å². The van der Waals surface area contributed by atoms with Crippen molar-refractivity contribution in [3.05, 3.63) is 84.0 Å². The Balaban J connectivity index is 1.12. The second kappa shape index (κ2) is 13.5. The first-order valence-corrected chi connectivity index (χ1v) is 16.2. The maximum Gasteiger partial charge on any atom is 0.306 e. The number of nitrogens with zero attached hydrogens (tertiary/aromatic N) is 1. The summed E-state index contributed by atoms with van der Waals surface area (Å²) in [7, 11) is 0. The van der Waals surface area contributed by atoms with E-state index in [0.717, 1.165) is 48.5 Å². The van der Waals surface area contributed by atoms with E-state index in [0.29, 0.717) is 25.4 Å². The maximum atomic E-state index is 13.7. The molecular weight excluding hydrogens is 554 g/mol. The third-order valence-electron chi connectivity index (χ3n) is 9.98. The van der Waals surface area contributed by atoms with E-state index in [1.165, 1.54) is 5.57 Å². The van der Waals surface area contributed by atoms with E-state index < -0.39 is 17.9 Å². The van der Waals surface area contributed by atoms with Gasteiger partial charge >= 0.3 is 5.97 Å². The highest BCUT2D eigenvalue weighted by atomic mass is 16.6. The molecule has 7 heteroatoms. The van der Waals surface area contributed by atoms with Crippen LogP contribution < -0.4 is 4.74 Å². The van der Waals surface area contributed by atoms with Crippen LogP contribution in [0.4, 0.5) is 0 Å². The summed E-state index contributed by atoms with van der Waals surface area (Å²) >= 11 is 0. The third kappa shape index (κ3) is 6.68. The Morgan fingerprint density at radius 2 is 1.70 bits per heavy atom. The van der Waals surface area contributed by atoms with Crippen molar-refractivity contribution in [2.24, 2.45) is 40.7 Å². The van der Waals surface area contributed by atoms with Gasteiger partial charge in [-0.05, 0) is 86.1 Å². The van der Waals surface area contributed by atoms with E-state index in [-0.39, 0.29) is 42.0 Å². The summed E-state index contributed by atoms with van der Waals surface area (Å²) in [6.45, 7) is 4.23. The monoisotopic (exact) mass is 597 g/mol. The molecule has 3 aliphatic carbocycles. The second-order valence-electron chi connectivity index (χ2n) is 12.8. The minimum Gasteiger partial charge on any atom is -0.462 e. The summed E-state index contributed by atoms with van der Waals surface area (Å²) in [6.07, 6.45) is 10.3. The molecule has 1 aliphatic heterocycles. The van der Waals surface area contributed by atoms with Crippen molar-refractivity contribution in [3.63, 3.8) is 0 Å². The summed E-state index contributed by atoms with van der Waals surface area (Å²) in [5.41, 5.74) is 3.25. The Morgan fingerprint density at radius 3 is 2.48 bits per heavy atom. The first kappa shape index (κ1) is 30.3. The third-order valence-corrected chi connectivity index (χ3v) is 9.98. The average Bonchev–Trinajstić information content (AvgIpc) is 3.62. The summed E-state index contributed by atoms with van der Waals surface area (Å²) in [5, 5.41) is 15.4. The number of cyclic esters (lactones) is 1. The molecule has 0 spiro atoms. The van der Waals surface area contributed by atoms with Crippen molar-refractivity contribution in [3.8, 4) is 11.5 Å². The Morgan fingerprint density at radius 1 is 0.932 bits per heavy atom. The molecule has 1 heterocycles. The summed E-state index contributed by atoms with van der Waals surface area (Å²) < 4.78 is 11.7. The molecule has 1 unspecified atom stereocenters. The van der Waals surface area contributed by atoms with Gasteiger partial charge in [-0.1, -0.05) is 73.1 Å². The normalized spacial score (nSPS) is 32.9. The number of allylic oxidation sites excluding steroid dienone is 4. The lowest BCUT2D eigenvalue weighted by Crippen LogP contribution is -2.36. The number of hydrogen-bond donors (Lipinski definition) is 1. The van der Waals surface area contributed by atoms with Gasteiger partial charge in [-0.3, -0.25) is 9.59 Å². The molecule has 1 saturated carbocycles. The Hall–Kier alpha value is -3.71. The van der Waals surface area contributed by atoms with E-state index in [2.05, 4.69) is 23.4 Å². The number of hydrogen-bond acceptors (Lipinski definition) is 7. The predicted molar refractivity (Wildman–Crippen MR) is 168 cm³/mol. The number of carbonyl (C=O) groups excluding carboxylic acids is 2. The van der Waals surface area contributed by atoms with Crippen LogP contribution in [0.3, 0.4) is 0 Å². The van der Waals surface area contributed by atoms with Crippen LogP contribution in [0.25, 0.3) is 0 Å². The Labute approximate surface area is 260 Å². The second-order valence-corrected chi connectivity index (χ2v) is 12.8. The van der Waals surface area contributed by atoms with Gasteiger partial charge in [-0.2, -0.15) is 0 Å². The number of aliphatic hydroxyl groups is 1.